The van der Waals surface area contributed by atoms with Crippen LogP contribution in [0, 0.1) is 5.92 Å². The van der Waals surface area contributed by atoms with Crippen LogP contribution < -0.4 is 10.6 Å². The zero-order valence-electron chi connectivity index (χ0n) is 23.0. The molecule has 4 aliphatic rings. The summed E-state index contributed by atoms with van der Waals surface area (Å²) in [7, 11) is 0. The first-order valence-electron chi connectivity index (χ1n) is 14.7. The molecule has 0 spiro atoms. The van der Waals surface area contributed by atoms with E-state index in [1.54, 1.807) is 18.2 Å². The fraction of sp³-hybridized carbons (Fsp3) is 0.344. The molecule has 10 nitrogen and oxygen atoms in total. The zero-order valence-corrected chi connectivity index (χ0v) is 23.0. The molecule has 2 N–H and O–H groups in total. The second-order valence-electron chi connectivity index (χ2n) is 11.9. The molecule has 0 radical (unpaired) electrons. The Balaban J connectivity index is 0.959. The molecule has 1 saturated heterocycles. The van der Waals surface area contributed by atoms with E-state index in [1.165, 1.54) is 35.1 Å². The highest BCUT2D eigenvalue weighted by Gasteiger charge is 2.45. The van der Waals surface area contributed by atoms with Crippen LogP contribution in [0.3, 0.4) is 0 Å². The summed E-state index contributed by atoms with van der Waals surface area (Å²) in [6.07, 6.45) is 8.88. The van der Waals surface area contributed by atoms with E-state index >= 15 is 0 Å². The Morgan fingerprint density at radius 3 is 2.57 bits per heavy atom. The van der Waals surface area contributed by atoms with Gasteiger partial charge in [-0.25, -0.2) is 0 Å². The normalized spacial score (nSPS) is 23.7. The molecule has 1 unspecified atom stereocenters. The van der Waals surface area contributed by atoms with E-state index in [9.17, 15) is 19.2 Å². The van der Waals surface area contributed by atoms with E-state index in [4.69, 9.17) is 5.10 Å². The third-order valence-corrected chi connectivity index (χ3v) is 9.20. The van der Waals surface area contributed by atoms with Gasteiger partial charge < -0.3 is 9.88 Å². The highest BCUT2D eigenvalue weighted by Crippen LogP contribution is 2.45. The van der Waals surface area contributed by atoms with Crippen molar-refractivity contribution >= 4 is 40.2 Å². The topological polar surface area (TPSA) is 118 Å². The van der Waals surface area contributed by atoms with E-state index in [2.05, 4.69) is 62.6 Å². The van der Waals surface area contributed by atoms with Crippen LogP contribution in [0.5, 0.6) is 0 Å². The van der Waals surface area contributed by atoms with E-state index in [1.807, 2.05) is 0 Å². The lowest BCUT2D eigenvalue weighted by Gasteiger charge is -2.35. The number of hydrogen-bond donors (Lipinski definition) is 2. The minimum absolute atomic E-state index is 0.0969. The van der Waals surface area contributed by atoms with Crippen molar-refractivity contribution in [2.45, 2.75) is 56.5 Å². The van der Waals surface area contributed by atoms with Crippen LogP contribution in [0.15, 0.2) is 60.9 Å². The van der Waals surface area contributed by atoms with Crippen molar-refractivity contribution in [3.63, 3.8) is 0 Å². The summed E-state index contributed by atoms with van der Waals surface area (Å²) in [5, 5.41) is 11.9. The summed E-state index contributed by atoms with van der Waals surface area (Å²) >= 11 is 0. The number of benzene rings is 2. The number of para-hydroxylation sites is 1. The Bertz CT molecular complexity index is 1790. The first-order chi connectivity index (χ1) is 20.5. The monoisotopic (exact) mass is 562 g/mol. The van der Waals surface area contributed by atoms with Crippen molar-refractivity contribution in [2.75, 3.05) is 11.9 Å². The van der Waals surface area contributed by atoms with Gasteiger partial charge in [0.15, 0.2) is 0 Å². The molecule has 2 aliphatic heterocycles. The second kappa shape index (κ2) is 9.40. The van der Waals surface area contributed by atoms with E-state index < -0.39 is 23.8 Å². The molecule has 2 aromatic carbocycles. The maximum Gasteiger partial charge on any atom is 0.264 e. The second-order valence-corrected chi connectivity index (χ2v) is 11.9. The Labute approximate surface area is 241 Å². The number of nitrogens with zero attached hydrogens (tertiary/aromatic N) is 4. The number of imide groups is 2. The third kappa shape index (κ3) is 3.96. The molecular formula is C32H30N6O4. The van der Waals surface area contributed by atoms with Crippen molar-refractivity contribution in [3.8, 4) is 5.69 Å². The molecular weight excluding hydrogens is 532 g/mol. The summed E-state index contributed by atoms with van der Waals surface area (Å²) in [6.45, 7) is 0.665. The molecule has 4 heterocycles. The number of rotatable bonds is 7. The largest absolute Gasteiger partial charge is 0.384 e. The van der Waals surface area contributed by atoms with Gasteiger partial charge in [-0.1, -0.05) is 24.3 Å². The summed E-state index contributed by atoms with van der Waals surface area (Å²) in [5.74, 6) is -1.05. The number of carbonyl (C=O) groups excluding carboxylic acids is 4. The molecule has 2 saturated carbocycles. The number of nitrogens with one attached hydrogen (secondary N) is 2. The van der Waals surface area contributed by atoms with Crippen LogP contribution in [0.1, 0.15) is 76.9 Å². The molecule has 10 heteroatoms. The smallest absolute Gasteiger partial charge is 0.264 e. The van der Waals surface area contributed by atoms with Gasteiger partial charge in [0.1, 0.15) is 6.04 Å². The molecule has 212 valence electrons. The average Bonchev–Trinajstić information content (AvgIpc) is 3.49. The van der Waals surface area contributed by atoms with Gasteiger partial charge in [0.25, 0.3) is 11.8 Å². The molecule has 1 atom stereocenters. The van der Waals surface area contributed by atoms with Crippen LogP contribution in [0.2, 0.25) is 0 Å². The lowest BCUT2D eigenvalue weighted by molar-refractivity contribution is -0.136. The quantitative estimate of drug-likeness (QED) is 0.327. The summed E-state index contributed by atoms with van der Waals surface area (Å²) < 4.78 is 4.41. The highest BCUT2D eigenvalue weighted by atomic mass is 16.2. The number of piperidine rings is 1. The SMILES string of the molecule is O=C1CCC(N2C(=O)c3cccc(NCC4CC(n5cc(-n6ccc7ccccc76)c(C6CC6)n5)C4)c3C2=O)C(=O)N1. The summed E-state index contributed by atoms with van der Waals surface area (Å²) in [4.78, 5) is 51.5. The Morgan fingerprint density at radius 2 is 1.76 bits per heavy atom. The predicted molar refractivity (Wildman–Crippen MR) is 154 cm³/mol. The molecule has 2 aliphatic carbocycles. The van der Waals surface area contributed by atoms with Crippen molar-refractivity contribution in [1.82, 2.24) is 24.6 Å². The van der Waals surface area contributed by atoms with Gasteiger partial charge >= 0.3 is 0 Å². The molecule has 42 heavy (non-hydrogen) atoms. The number of carbonyl (C=O) groups is 4. The molecule has 4 amide bonds. The minimum Gasteiger partial charge on any atom is -0.384 e. The number of amides is 4. The van der Waals surface area contributed by atoms with Crippen LogP contribution in [-0.2, 0) is 9.59 Å². The fourth-order valence-corrected chi connectivity index (χ4v) is 6.71. The first-order valence-corrected chi connectivity index (χ1v) is 14.7. The fourth-order valence-electron chi connectivity index (χ4n) is 6.71. The van der Waals surface area contributed by atoms with Gasteiger partial charge in [-0.2, -0.15) is 5.10 Å². The molecule has 3 fully saturated rings. The lowest BCUT2D eigenvalue weighted by atomic mass is 9.80. The van der Waals surface area contributed by atoms with E-state index in [-0.39, 0.29) is 24.3 Å². The minimum atomic E-state index is -0.973. The molecule has 2 aromatic heterocycles. The van der Waals surface area contributed by atoms with Crippen LogP contribution in [-0.4, -0.2) is 55.5 Å². The van der Waals surface area contributed by atoms with Crippen LogP contribution >= 0.6 is 0 Å². The first kappa shape index (κ1) is 25.0. The van der Waals surface area contributed by atoms with Crippen molar-refractivity contribution < 1.29 is 19.2 Å². The van der Waals surface area contributed by atoms with Gasteiger partial charge in [0, 0.05) is 37.0 Å². The van der Waals surface area contributed by atoms with Gasteiger partial charge in [0.05, 0.1) is 34.1 Å². The maximum atomic E-state index is 13.4. The van der Waals surface area contributed by atoms with Gasteiger partial charge in [-0.05, 0) is 67.7 Å². The molecule has 0 bridgehead atoms. The van der Waals surface area contributed by atoms with Gasteiger partial charge in [0.2, 0.25) is 11.8 Å². The Morgan fingerprint density at radius 1 is 0.929 bits per heavy atom. The van der Waals surface area contributed by atoms with Crippen molar-refractivity contribution in [2.24, 2.45) is 5.92 Å². The highest BCUT2D eigenvalue weighted by molar-refractivity contribution is 6.25. The van der Waals surface area contributed by atoms with Crippen molar-refractivity contribution in [3.05, 3.63) is 77.7 Å². The maximum absolute atomic E-state index is 13.4. The Hall–Kier alpha value is -4.73. The number of hydrogen-bond acceptors (Lipinski definition) is 6. The Kier molecular flexibility index (Phi) is 5.60. The average molecular weight is 563 g/mol. The summed E-state index contributed by atoms with van der Waals surface area (Å²) in [5.41, 5.74) is 4.73. The van der Waals surface area contributed by atoms with E-state index in [0.29, 0.717) is 35.7 Å². The molecule has 8 rings (SSSR count). The number of aromatic nitrogens is 3. The standard InChI is InChI=1S/C32H30N6O4/c39-27-11-10-25(30(40)34-27)38-31(41)22-5-3-6-23(28(22)32(38)42)33-16-18-14-21(15-18)37-17-26(29(35-37)20-8-9-20)36-13-12-19-4-1-2-7-24(19)36/h1-7,12-13,17-18,20-21,25,33H,8-11,14-16H2,(H,34,39,40). The zero-order chi connectivity index (χ0) is 28.5. The third-order valence-electron chi connectivity index (χ3n) is 9.20. The van der Waals surface area contributed by atoms with E-state index in [0.717, 1.165) is 17.7 Å². The molecule has 4 aromatic rings. The number of fused-ring (bicyclic) bond motifs is 2. The van der Waals surface area contributed by atoms with Crippen LogP contribution in [0.4, 0.5) is 5.69 Å². The lowest BCUT2D eigenvalue weighted by Crippen LogP contribution is -2.54. The van der Waals surface area contributed by atoms with Crippen molar-refractivity contribution in [1.29, 1.82) is 0 Å². The van der Waals surface area contributed by atoms with Gasteiger partial charge in [-0.15, -0.1) is 0 Å². The number of anilines is 1. The van der Waals surface area contributed by atoms with Crippen LogP contribution in [0.25, 0.3) is 16.6 Å². The predicted octanol–water partition coefficient (Wildman–Crippen LogP) is 4.17. The summed E-state index contributed by atoms with van der Waals surface area (Å²) in [6, 6.07) is 15.1. The van der Waals surface area contributed by atoms with Gasteiger partial charge in [-0.3, -0.25) is 34.1 Å².